The fraction of sp³-hybridized carbons (Fsp3) is 0.375. The molecular formula is C24H27N5OS. The first kappa shape index (κ1) is 20.4. The Kier molecular flexibility index (Phi) is 4.80. The topological polar surface area (TPSA) is 65.4 Å². The Bertz CT molecular complexity index is 1120. The molecule has 0 unspecified atom stereocenters. The number of fused-ring (bicyclic) bond motifs is 2. The molecule has 1 aromatic carbocycles. The fourth-order valence-electron chi connectivity index (χ4n) is 4.24. The van der Waals surface area contributed by atoms with Crippen LogP contribution in [0.15, 0.2) is 53.8 Å². The standard InChI is InChI=1S/C24H27N5OS/c1-23(2,30)17-7-10-25-20(11-17)16-13-26-22(27-14-16)29-15-24(8-9-24)19-6-5-18(12-21(19)29)31-28(3)4/h5-7,10-14,30H,8-9,15H2,1-4H3. The largest absolute Gasteiger partial charge is 0.386 e. The zero-order chi connectivity index (χ0) is 21.8. The van der Waals surface area contributed by atoms with Crippen LogP contribution in [0.4, 0.5) is 11.6 Å². The lowest BCUT2D eigenvalue weighted by Gasteiger charge is -2.19. The summed E-state index contributed by atoms with van der Waals surface area (Å²) in [5.41, 5.74) is 4.40. The van der Waals surface area contributed by atoms with Gasteiger partial charge in [-0.15, -0.1) is 0 Å². The maximum atomic E-state index is 10.3. The molecule has 6 nitrogen and oxygen atoms in total. The molecule has 0 saturated heterocycles. The summed E-state index contributed by atoms with van der Waals surface area (Å²) in [4.78, 5) is 17.3. The van der Waals surface area contributed by atoms with E-state index < -0.39 is 5.60 Å². The molecule has 1 N–H and O–H groups in total. The van der Waals surface area contributed by atoms with Gasteiger partial charge in [-0.25, -0.2) is 9.97 Å². The molecule has 5 rings (SSSR count). The van der Waals surface area contributed by atoms with Gasteiger partial charge < -0.3 is 10.0 Å². The molecule has 3 aromatic rings. The van der Waals surface area contributed by atoms with E-state index in [-0.39, 0.29) is 5.41 Å². The van der Waals surface area contributed by atoms with Crippen molar-refractivity contribution in [2.75, 3.05) is 25.5 Å². The highest BCUT2D eigenvalue weighted by atomic mass is 32.2. The van der Waals surface area contributed by atoms with Gasteiger partial charge in [-0.3, -0.25) is 9.29 Å². The molecule has 31 heavy (non-hydrogen) atoms. The third-order valence-corrected chi connectivity index (χ3v) is 6.91. The van der Waals surface area contributed by atoms with Gasteiger partial charge in [0.15, 0.2) is 0 Å². The normalized spacial score (nSPS) is 16.8. The molecule has 1 saturated carbocycles. The second-order valence-corrected chi connectivity index (χ2v) is 10.6. The highest BCUT2D eigenvalue weighted by Gasteiger charge is 2.52. The van der Waals surface area contributed by atoms with Crippen molar-refractivity contribution in [2.24, 2.45) is 0 Å². The summed E-state index contributed by atoms with van der Waals surface area (Å²) in [5, 5.41) is 10.3. The maximum Gasteiger partial charge on any atom is 0.229 e. The SMILES string of the molecule is CN(C)Sc1ccc2c(c1)N(c1ncc(-c3cc(C(C)(C)O)ccn3)cn1)CC21CC1. The Hall–Kier alpha value is -2.48. The molecule has 7 heteroatoms. The van der Waals surface area contributed by atoms with E-state index in [0.717, 1.165) is 29.3 Å². The van der Waals surface area contributed by atoms with Crippen molar-refractivity contribution < 1.29 is 5.11 Å². The highest BCUT2D eigenvalue weighted by Crippen LogP contribution is 2.58. The number of pyridine rings is 1. The van der Waals surface area contributed by atoms with Gasteiger partial charge in [0.05, 0.1) is 11.3 Å². The van der Waals surface area contributed by atoms with Crippen LogP contribution in [0.25, 0.3) is 11.3 Å². The van der Waals surface area contributed by atoms with E-state index in [2.05, 4.69) is 46.5 Å². The van der Waals surface area contributed by atoms with Crippen LogP contribution in [-0.2, 0) is 11.0 Å². The molecule has 0 bridgehead atoms. The number of anilines is 2. The van der Waals surface area contributed by atoms with Crippen LogP contribution in [0.5, 0.6) is 0 Å². The van der Waals surface area contributed by atoms with Gasteiger partial charge >= 0.3 is 0 Å². The van der Waals surface area contributed by atoms with Crippen LogP contribution >= 0.6 is 11.9 Å². The van der Waals surface area contributed by atoms with E-state index in [1.807, 2.05) is 24.5 Å². The molecule has 0 atom stereocenters. The van der Waals surface area contributed by atoms with Crippen molar-refractivity contribution in [2.45, 2.75) is 42.6 Å². The first-order valence-corrected chi connectivity index (χ1v) is 11.3. The second kappa shape index (κ2) is 7.29. The Morgan fingerprint density at radius 3 is 2.45 bits per heavy atom. The molecule has 1 spiro atoms. The Balaban J connectivity index is 1.46. The molecule has 1 fully saturated rings. The summed E-state index contributed by atoms with van der Waals surface area (Å²) >= 11 is 1.72. The number of aliphatic hydroxyl groups is 1. The smallest absolute Gasteiger partial charge is 0.229 e. The molecule has 1 aliphatic heterocycles. The predicted molar refractivity (Wildman–Crippen MR) is 124 cm³/mol. The van der Waals surface area contributed by atoms with Gasteiger partial charge in [0.2, 0.25) is 5.95 Å². The number of nitrogens with zero attached hydrogens (tertiary/aromatic N) is 5. The van der Waals surface area contributed by atoms with Crippen molar-refractivity contribution in [1.82, 2.24) is 19.3 Å². The maximum absolute atomic E-state index is 10.3. The predicted octanol–water partition coefficient (Wildman–Crippen LogP) is 4.52. The lowest BCUT2D eigenvalue weighted by molar-refractivity contribution is 0.0785. The zero-order valence-electron chi connectivity index (χ0n) is 18.3. The second-order valence-electron chi connectivity index (χ2n) is 9.21. The highest BCUT2D eigenvalue weighted by molar-refractivity contribution is 7.97. The zero-order valence-corrected chi connectivity index (χ0v) is 19.1. The van der Waals surface area contributed by atoms with Crippen molar-refractivity contribution in [1.29, 1.82) is 0 Å². The van der Waals surface area contributed by atoms with Crippen LogP contribution < -0.4 is 4.90 Å². The average molecular weight is 434 g/mol. The molecule has 2 aromatic heterocycles. The fourth-order valence-corrected chi connectivity index (χ4v) is 4.96. The Labute approximate surface area is 187 Å². The van der Waals surface area contributed by atoms with Gasteiger partial charge in [0.25, 0.3) is 0 Å². The van der Waals surface area contributed by atoms with Crippen LogP contribution in [0.3, 0.4) is 0 Å². The van der Waals surface area contributed by atoms with Crippen molar-refractivity contribution >= 4 is 23.6 Å². The van der Waals surface area contributed by atoms with Crippen LogP contribution in [0.2, 0.25) is 0 Å². The molecule has 2 aliphatic rings. The quantitative estimate of drug-likeness (QED) is 0.594. The number of benzene rings is 1. The summed E-state index contributed by atoms with van der Waals surface area (Å²) in [6, 6.07) is 10.5. The first-order chi connectivity index (χ1) is 14.7. The summed E-state index contributed by atoms with van der Waals surface area (Å²) in [6.07, 6.45) is 7.82. The van der Waals surface area contributed by atoms with Gasteiger partial charge in [0, 0.05) is 46.7 Å². The minimum Gasteiger partial charge on any atom is -0.386 e. The molecule has 0 radical (unpaired) electrons. The van der Waals surface area contributed by atoms with Gasteiger partial charge in [0.1, 0.15) is 0 Å². The molecule has 0 amide bonds. The minimum absolute atomic E-state index is 0.265. The molecular weight excluding hydrogens is 406 g/mol. The number of hydrogen-bond donors (Lipinski definition) is 1. The number of hydrogen-bond acceptors (Lipinski definition) is 7. The van der Waals surface area contributed by atoms with E-state index in [1.165, 1.54) is 29.0 Å². The number of rotatable bonds is 5. The third kappa shape index (κ3) is 3.82. The van der Waals surface area contributed by atoms with E-state index >= 15 is 0 Å². The third-order valence-electron chi connectivity index (χ3n) is 6.08. The number of aromatic nitrogens is 3. The summed E-state index contributed by atoms with van der Waals surface area (Å²) < 4.78 is 2.11. The summed E-state index contributed by atoms with van der Waals surface area (Å²) in [7, 11) is 4.11. The minimum atomic E-state index is -0.918. The first-order valence-electron chi connectivity index (χ1n) is 10.5. The van der Waals surface area contributed by atoms with Gasteiger partial charge in [-0.1, -0.05) is 6.07 Å². The van der Waals surface area contributed by atoms with Crippen molar-refractivity contribution in [3.63, 3.8) is 0 Å². The molecule has 1 aliphatic carbocycles. The lowest BCUT2D eigenvalue weighted by Crippen LogP contribution is -2.21. The lowest BCUT2D eigenvalue weighted by atomic mass is 9.98. The van der Waals surface area contributed by atoms with Crippen molar-refractivity contribution in [3.05, 3.63) is 60.0 Å². The van der Waals surface area contributed by atoms with Crippen LogP contribution in [0.1, 0.15) is 37.8 Å². The van der Waals surface area contributed by atoms with Crippen LogP contribution in [-0.4, -0.2) is 45.0 Å². The van der Waals surface area contributed by atoms with E-state index in [0.29, 0.717) is 0 Å². The average Bonchev–Trinajstić information content (AvgIpc) is 3.44. The molecule has 160 valence electrons. The van der Waals surface area contributed by atoms with Gasteiger partial charge in [-0.2, -0.15) is 0 Å². The monoisotopic (exact) mass is 433 g/mol. The van der Waals surface area contributed by atoms with Gasteiger partial charge in [-0.05, 0) is 88.1 Å². The Morgan fingerprint density at radius 2 is 1.81 bits per heavy atom. The van der Waals surface area contributed by atoms with Crippen LogP contribution in [0, 0.1) is 0 Å². The summed E-state index contributed by atoms with van der Waals surface area (Å²) in [6.45, 7) is 4.48. The van der Waals surface area contributed by atoms with E-state index in [1.54, 1.807) is 32.0 Å². The van der Waals surface area contributed by atoms with Crippen molar-refractivity contribution in [3.8, 4) is 11.3 Å². The molecule has 3 heterocycles. The Morgan fingerprint density at radius 1 is 1.06 bits per heavy atom. The van der Waals surface area contributed by atoms with E-state index in [9.17, 15) is 5.11 Å². The van der Waals surface area contributed by atoms with E-state index in [4.69, 9.17) is 9.97 Å². The summed E-state index contributed by atoms with van der Waals surface area (Å²) in [5.74, 6) is 0.722.